The molecule has 3 heteroatoms. The highest BCUT2D eigenvalue weighted by molar-refractivity contribution is 5.48. The minimum atomic E-state index is 0.804. The molecule has 0 saturated heterocycles. The number of hydrogen-bond donors (Lipinski definition) is 0. The lowest BCUT2D eigenvalue weighted by Gasteiger charge is -2.35. The fraction of sp³-hybridized carbons (Fsp3) is 0.684. The Morgan fingerprint density at radius 2 is 1.68 bits per heavy atom. The average molecular weight is 308 g/mol. The van der Waals surface area contributed by atoms with Crippen LogP contribution in [-0.2, 0) is 4.74 Å². The number of quaternary nitrogens is 1. The zero-order chi connectivity index (χ0) is 16.4. The second-order valence-electron chi connectivity index (χ2n) is 6.04. The lowest BCUT2D eigenvalue weighted by Crippen LogP contribution is -2.49. The van der Waals surface area contributed by atoms with Gasteiger partial charge < -0.3 is 14.1 Å². The standard InChI is InChI=1S/C19H35N2O/c1-6-20(19-12-10-11-18(5)17-19)13-15-22-16-14-21(7-2,8-3)9-4/h10-12,17H,6-9,13-16H2,1-5H3/q+1. The highest BCUT2D eigenvalue weighted by atomic mass is 16.5. The van der Waals surface area contributed by atoms with Crippen molar-refractivity contribution < 1.29 is 9.22 Å². The largest absolute Gasteiger partial charge is 0.374 e. The fourth-order valence-corrected chi connectivity index (χ4v) is 2.97. The van der Waals surface area contributed by atoms with Crippen LogP contribution < -0.4 is 4.90 Å². The summed E-state index contributed by atoms with van der Waals surface area (Å²) in [6.45, 7) is 19.6. The second kappa shape index (κ2) is 9.86. The van der Waals surface area contributed by atoms with E-state index in [1.165, 1.54) is 30.9 Å². The van der Waals surface area contributed by atoms with E-state index < -0.39 is 0 Å². The molecule has 0 heterocycles. The Morgan fingerprint density at radius 1 is 1.00 bits per heavy atom. The van der Waals surface area contributed by atoms with E-state index in [9.17, 15) is 0 Å². The van der Waals surface area contributed by atoms with Gasteiger partial charge in [-0.05, 0) is 52.3 Å². The van der Waals surface area contributed by atoms with Gasteiger partial charge in [0, 0.05) is 18.8 Å². The minimum Gasteiger partial charge on any atom is -0.374 e. The first kappa shape index (κ1) is 19.0. The van der Waals surface area contributed by atoms with Gasteiger partial charge in [0.1, 0.15) is 6.54 Å². The first-order valence-electron chi connectivity index (χ1n) is 8.85. The van der Waals surface area contributed by atoms with E-state index in [1.54, 1.807) is 0 Å². The van der Waals surface area contributed by atoms with Crippen LogP contribution in [0, 0.1) is 6.92 Å². The van der Waals surface area contributed by atoms with Crippen LogP contribution in [0.3, 0.4) is 0 Å². The number of nitrogens with zero attached hydrogens (tertiary/aromatic N) is 2. The molecule has 0 fully saturated rings. The number of benzene rings is 1. The summed E-state index contributed by atoms with van der Waals surface area (Å²) in [5.41, 5.74) is 2.61. The maximum absolute atomic E-state index is 5.92. The number of likely N-dealkylation sites (N-methyl/N-ethyl adjacent to an activating group) is 2. The molecular weight excluding hydrogens is 272 g/mol. The third kappa shape index (κ3) is 5.62. The summed E-state index contributed by atoms with van der Waals surface area (Å²) in [6.07, 6.45) is 0. The highest BCUT2D eigenvalue weighted by Gasteiger charge is 2.19. The topological polar surface area (TPSA) is 12.5 Å². The van der Waals surface area contributed by atoms with Gasteiger partial charge in [-0.25, -0.2) is 0 Å². The average Bonchev–Trinajstić information content (AvgIpc) is 2.55. The Hall–Kier alpha value is -1.06. The smallest absolute Gasteiger partial charge is 0.102 e. The zero-order valence-electron chi connectivity index (χ0n) is 15.3. The summed E-state index contributed by atoms with van der Waals surface area (Å²) in [5, 5.41) is 0. The van der Waals surface area contributed by atoms with Crippen LogP contribution in [0.4, 0.5) is 5.69 Å². The molecule has 0 radical (unpaired) electrons. The maximum atomic E-state index is 5.92. The van der Waals surface area contributed by atoms with Crippen molar-refractivity contribution in [2.45, 2.75) is 34.6 Å². The third-order valence-corrected chi connectivity index (χ3v) is 4.98. The quantitative estimate of drug-likeness (QED) is 0.456. The molecule has 0 aliphatic heterocycles. The summed E-state index contributed by atoms with van der Waals surface area (Å²) in [6, 6.07) is 8.70. The monoisotopic (exact) mass is 307 g/mol. The first-order chi connectivity index (χ1) is 10.6. The molecule has 0 spiro atoms. The molecule has 0 aromatic heterocycles. The van der Waals surface area contributed by atoms with Crippen molar-refractivity contribution in [3.05, 3.63) is 29.8 Å². The fourth-order valence-electron chi connectivity index (χ4n) is 2.97. The van der Waals surface area contributed by atoms with E-state index in [0.717, 1.165) is 37.3 Å². The zero-order valence-corrected chi connectivity index (χ0v) is 15.3. The molecule has 0 saturated carbocycles. The molecule has 22 heavy (non-hydrogen) atoms. The van der Waals surface area contributed by atoms with Gasteiger partial charge in [-0.3, -0.25) is 0 Å². The van der Waals surface area contributed by atoms with Crippen LogP contribution in [0.25, 0.3) is 0 Å². The van der Waals surface area contributed by atoms with Crippen LogP contribution in [-0.4, -0.2) is 57.0 Å². The first-order valence-corrected chi connectivity index (χ1v) is 8.85. The van der Waals surface area contributed by atoms with Gasteiger partial charge in [0.2, 0.25) is 0 Å². The number of rotatable bonds is 11. The Labute approximate surface area is 137 Å². The lowest BCUT2D eigenvalue weighted by atomic mass is 10.2. The van der Waals surface area contributed by atoms with Crippen molar-refractivity contribution in [2.75, 3.05) is 57.4 Å². The molecule has 0 bridgehead atoms. The predicted molar refractivity (Wildman–Crippen MR) is 96.6 cm³/mol. The van der Waals surface area contributed by atoms with Crippen LogP contribution in [0.2, 0.25) is 0 Å². The van der Waals surface area contributed by atoms with Crippen LogP contribution >= 0.6 is 0 Å². The van der Waals surface area contributed by atoms with E-state index in [0.29, 0.717) is 0 Å². The molecule has 1 aromatic carbocycles. The van der Waals surface area contributed by atoms with Crippen molar-refractivity contribution >= 4 is 5.69 Å². The molecule has 0 atom stereocenters. The molecule has 1 aromatic rings. The number of anilines is 1. The molecule has 0 N–H and O–H groups in total. The molecule has 0 aliphatic rings. The molecule has 1 rings (SSSR count). The van der Waals surface area contributed by atoms with Gasteiger partial charge in [0.25, 0.3) is 0 Å². The van der Waals surface area contributed by atoms with Gasteiger partial charge in [0.05, 0.1) is 32.8 Å². The molecule has 3 nitrogen and oxygen atoms in total. The van der Waals surface area contributed by atoms with E-state index >= 15 is 0 Å². The van der Waals surface area contributed by atoms with Gasteiger partial charge >= 0.3 is 0 Å². The summed E-state index contributed by atoms with van der Waals surface area (Å²) >= 11 is 0. The van der Waals surface area contributed by atoms with Crippen molar-refractivity contribution in [3.8, 4) is 0 Å². The van der Waals surface area contributed by atoms with Crippen molar-refractivity contribution in [1.29, 1.82) is 0 Å². The molecule has 126 valence electrons. The molecule has 0 unspecified atom stereocenters. The van der Waals surface area contributed by atoms with Gasteiger partial charge in [-0.2, -0.15) is 0 Å². The Bertz CT molecular complexity index is 407. The maximum Gasteiger partial charge on any atom is 0.102 e. The number of ether oxygens (including phenoxy) is 1. The summed E-state index contributed by atoms with van der Waals surface area (Å²) < 4.78 is 7.08. The second-order valence-corrected chi connectivity index (χ2v) is 6.04. The Morgan fingerprint density at radius 3 is 2.23 bits per heavy atom. The van der Waals surface area contributed by atoms with Crippen molar-refractivity contribution in [2.24, 2.45) is 0 Å². The molecular formula is C19H35N2O+. The van der Waals surface area contributed by atoms with E-state index in [4.69, 9.17) is 4.74 Å². The SMILES string of the molecule is CCN(CCOCC[N+](CC)(CC)CC)c1cccc(C)c1. The summed E-state index contributed by atoms with van der Waals surface area (Å²) in [5.74, 6) is 0. The third-order valence-electron chi connectivity index (χ3n) is 4.98. The Balaban J connectivity index is 2.36. The number of hydrogen-bond acceptors (Lipinski definition) is 2. The van der Waals surface area contributed by atoms with Crippen LogP contribution in [0.15, 0.2) is 24.3 Å². The summed E-state index contributed by atoms with van der Waals surface area (Å²) in [4.78, 5) is 2.38. The van der Waals surface area contributed by atoms with E-state index in [1.807, 2.05) is 0 Å². The molecule has 0 aliphatic carbocycles. The highest BCUT2D eigenvalue weighted by Crippen LogP contribution is 2.15. The van der Waals surface area contributed by atoms with Crippen LogP contribution in [0.5, 0.6) is 0 Å². The van der Waals surface area contributed by atoms with Gasteiger partial charge in [-0.1, -0.05) is 12.1 Å². The van der Waals surface area contributed by atoms with Crippen molar-refractivity contribution in [1.82, 2.24) is 0 Å². The predicted octanol–water partition coefficient (Wildman–Crippen LogP) is 3.71. The van der Waals surface area contributed by atoms with E-state index in [-0.39, 0.29) is 0 Å². The van der Waals surface area contributed by atoms with Crippen molar-refractivity contribution in [3.63, 3.8) is 0 Å². The van der Waals surface area contributed by atoms with Crippen LogP contribution in [0.1, 0.15) is 33.3 Å². The Kier molecular flexibility index (Phi) is 8.51. The minimum absolute atomic E-state index is 0.804. The van der Waals surface area contributed by atoms with E-state index in [2.05, 4.69) is 63.8 Å². The molecule has 0 amide bonds. The number of aryl methyl sites for hydroxylation is 1. The van der Waals surface area contributed by atoms with Gasteiger partial charge in [-0.15, -0.1) is 0 Å². The normalized spacial score (nSPS) is 11.7. The van der Waals surface area contributed by atoms with Gasteiger partial charge in [0.15, 0.2) is 0 Å². The summed E-state index contributed by atoms with van der Waals surface area (Å²) in [7, 11) is 0. The lowest BCUT2D eigenvalue weighted by molar-refractivity contribution is -0.923.